The Hall–Kier alpha value is -1.54. The molecule has 0 bridgehead atoms. The van der Waals surface area contributed by atoms with Crippen molar-refractivity contribution in [1.29, 1.82) is 0 Å². The highest BCUT2D eigenvalue weighted by molar-refractivity contribution is 7.89. The van der Waals surface area contributed by atoms with Crippen LogP contribution in [0.3, 0.4) is 0 Å². The smallest absolute Gasteiger partial charge is 0.324 e. The number of hydrogen-bond acceptors (Lipinski definition) is 4. The van der Waals surface area contributed by atoms with Gasteiger partial charge in [0.2, 0.25) is 10.0 Å². The molecule has 1 saturated heterocycles. The van der Waals surface area contributed by atoms with Crippen molar-refractivity contribution in [1.82, 2.24) is 4.31 Å². The van der Waals surface area contributed by atoms with Crippen molar-refractivity contribution in [2.75, 3.05) is 7.11 Å². The first kappa shape index (κ1) is 17.3. The van der Waals surface area contributed by atoms with E-state index < -0.39 is 38.6 Å². The molecule has 0 radical (unpaired) electrons. The summed E-state index contributed by atoms with van der Waals surface area (Å²) in [4.78, 5) is 11.6. The summed E-state index contributed by atoms with van der Waals surface area (Å²) >= 11 is 0. The van der Waals surface area contributed by atoms with Gasteiger partial charge in [-0.3, -0.25) is 4.79 Å². The minimum Gasteiger partial charge on any atom is -0.468 e. The molecule has 1 aromatic carbocycles. The molecule has 5 nitrogen and oxygen atoms in total. The fourth-order valence-corrected chi connectivity index (χ4v) is 5.81. The molecule has 0 aromatic heterocycles. The molecule has 1 aliphatic heterocycles. The Morgan fingerprint density at radius 1 is 1.17 bits per heavy atom. The summed E-state index contributed by atoms with van der Waals surface area (Å²) in [6.45, 7) is 0. The summed E-state index contributed by atoms with van der Waals surface area (Å²) < 4.78 is 58.9. The summed E-state index contributed by atoms with van der Waals surface area (Å²) in [5, 5.41) is 0. The molecule has 0 unspecified atom stereocenters. The average molecular weight is 359 g/mol. The third kappa shape index (κ3) is 2.93. The van der Waals surface area contributed by atoms with Crippen LogP contribution in [-0.4, -0.2) is 37.9 Å². The summed E-state index contributed by atoms with van der Waals surface area (Å²) in [5.41, 5.74) is 0. The molecule has 1 saturated carbocycles. The molecule has 0 amide bonds. The molecule has 8 heteroatoms. The normalized spacial score (nSPS) is 27.7. The summed E-state index contributed by atoms with van der Waals surface area (Å²) in [5.74, 6) is -2.51. The summed E-state index contributed by atoms with van der Waals surface area (Å²) in [6, 6.07) is 0.898. The first-order chi connectivity index (χ1) is 11.3. The number of sulfonamides is 1. The Kier molecular flexibility index (Phi) is 4.61. The van der Waals surface area contributed by atoms with E-state index in [4.69, 9.17) is 4.74 Å². The predicted octanol–water partition coefficient (Wildman–Crippen LogP) is 2.46. The largest absolute Gasteiger partial charge is 0.468 e. The predicted molar refractivity (Wildman–Crippen MR) is 81.5 cm³/mol. The number of benzene rings is 1. The van der Waals surface area contributed by atoms with Crippen LogP contribution in [0.15, 0.2) is 23.1 Å². The van der Waals surface area contributed by atoms with Crippen LogP contribution in [0.5, 0.6) is 0 Å². The standard InChI is InChI=1S/C16H19F2NO4S/c1-23-16(20)15-6-10-4-2-3-5-14(10)19(15)24(21,22)13-8-11(17)7-12(18)9-13/h7-10,14-15H,2-6H2,1H3/t10-,14-,15-/m0/s1. The lowest BCUT2D eigenvalue weighted by atomic mass is 9.85. The van der Waals surface area contributed by atoms with Gasteiger partial charge in [0.05, 0.1) is 12.0 Å². The third-order valence-corrected chi connectivity index (χ3v) is 6.83. The zero-order chi connectivity index (χ0) is 17.5. The van der Waals surface area contributed by atoms with Crippen molar-refractivity contribution in [3.8, 4) is 0 Å². The third-order valence-electron chi connectivity index (χ3n) is 4.91. The maximum absolute atomic E-state index is 13.5. The van der Waals surface area contributed by atoms with Crippen LogP contribution < -0.4 is 0 Å². The first-order valence-electron chi connectivity index (χ1n) is 7.92. The van der Waals surface area contributed by atoms with Gasteiger partial charge >= 0.3 is 5.97 Å². The molecule has 1 heterocycles. The van der Waals surface area contributed by atoms with Crippen molar-refractivity contribution in [3.05, 3.63) is 29.8 Å². The molecule has 0 N–H and O–H groups in total. The van der Waals surface area contributed by atoms with Crippen molar-refractivity contribution >= 4 is 16.0 Å². The van der Waals surface area contributed by atoms with Gasteiger partial charge in [-0.1, -0.05) is 12.8 Å². The number of nitrogens with zero attached hydrogens (tertiary/aromatic N) is 1. The lowest BCUT2D eigenvalue weighted by Crippen LogP contribution is -2.46. The molecular formula is C16H19F2NO4S. The fourth-order valence-electron chi connectivity index (χ4n) is 3.90. The number of methoxy groups -OCH3 is 1. The van der Waals surface area contributed by atoms with Crippen LogP contribution in [0.4, 0.5) is 8.78 Å². The Bertz CT molecular complexity index is 732. The molecular weight excluding hydrogens is 340 g/mol. The lowest BCUT2D eigenvalue weighted by molar-refractivity contribution is -0.144. The van der Waals surface area contributed by atoms with E-state index >= 15 is 0 Å². The number of carbonyl (C=O) groups excluding carboxylic acids is 1. The Morgan fingerprint density at radius 2 is 1.79 bits per heavy atom. The zero-order valence-corrected chi connectivity index (χ0v) is 14.1. The SMILES string of the molecule is COC(=O)[C@@H]1C[C@@H]2CCCC[C@@H]2N1S(=O)(=O)c1cc(F)cc(F)c1. The van der Waals surface area contributed by atoms with Crippen LogP contribution in [0, 0.1) is 17.6 Å². The first-order valence-corrected chi connectivity index (χ1v) is 9.36. The van der Waals surface area contributed by atoms with Crippen molar-refractivity contribution in [3.63, 3.8) is 0 Å². The van der Waals surface area contributed by atoms with E-state index in [1.807, 2.05) is 0 Å². The second-order valence-corrected chi connectivity index (χ2v) is 8.17. The Balaban J connectivity index is 2.06. The highest BCUT2D eigenvalue weighted by atomic mass is 32.2. The van der Waals surface area contributed by atoms with Gasteiger partial charge in [-0.25, -0.2) is 17.2 Å². The van der Waals surface area contributed by atoms with Crippen molar-refractivity contribution in [2.24, 2.45) is 5.92 Å². The minimum absolute atomic E-state index is 0.0658. The van der Waals surface area contributed by atoms with Crippen LogP contribution in [0.25, 0.3) is 0 Å². The highest BCUT2D eigenvalue weighted by Crippen LogP contribution is 2.43. The average Bonchev–Trinajstić information content (AvgIpc) is 2.93. The van der Waals surface area contributed by atoms with Gasteiger partial charge < -0.3 is 4.74 Å². The van der Waals surface area contributed by atoms with Crippen molar-refractivity contribution < 1.29 is 26.7 Å². The molecule has 132 valence electrons. The molecule has 1 aromatic rings. The van der Waals surface area contributed by atoms with Crippen LogP contribution in [-0.2, 0) is 19.6 Å². The second kappa shape index (κ2) is 6.40. The quantitative estimate of drug-likeness (QED) is 0.778. The van der Waals surface area contributed by atoms with E-state index in [0.29, 0.717) is 18.9 Å². The van der Waals surface area contributed by atoms with E-state index in [-0.39, 0.29) is 12.0 Å². The number of carbonyl (C=O) groups is 1. The van der Waals surface area contributed by atoms with Gasteiger partial charge in [0.15, 0.2) is 0 Å². The number of hydrogen-bond donors (Lipinski definition) is 0. The Labute approximate surface area is 139 Å². The summed E-state index contributed by atoms with van der Waals surface area (Å²) in [6.07, 6.45) is 3.70. The number of esters is 1. The van der Waals surface area contributed by atoms with E-state index in [1.165, 1.54) is 7.11 Å². The van der Waals surface area contributed by atoms with Crippen LogP contribution in [0.2, 0.25) is 0 Å². The second-order valence-electron chi connectivity index (χ2n) is 6.33. The van der Waals surface area contributed by atoms with E-state index in [2.05, 4.69) is 0 Å². The number of fused-ring (bicyclic) bond motifs is 1. The van der Waals surface area contributed by atoms with Gasteiger partial charge in [0.1, 0.15) is 17.7 Å². The van der Waals surface area contributed by atoms with Crippen LogP contribution in [0.1, 0.15) is 32.1 Å². The molecule has 24 heavy (non-hydrogen) atoms. The van der Waals surface area contributed by atoms with Crippen molar-refractivity contribution in [2.45, 2.75) is 49.1 Å². The van der Waals surface area contributed by atoms with Gasteiger partial charge in [-0.15, -0.1) is 0 Å². The van der Waals surface area contributed by atoms with Gasteiger partial charge in [0.25, 0.3) is 0 Å². The molecule has 3 rings (SSSR count). The number of ether oxygens (including phenoxy) is 1. The highest BCUT2D eigenvalue weighted by Gasteiger charge is 2.51. The zero-order valence-electron chi connectivity index (χ0n) is 13.2. The van der Waals surface area contributed by atoms with E-state index in [1.54, 1.807) is 0 Å². The maximum Gasteiger partial charge on any atom is 0.324 e. The van der Waals surface area contributed by atoms with Gasteiger partial charge in [-0.05, 0) is 37.3 Å². The minimum atomic E-state index is -4.21. The van der Waals surface area contributed by atoms with E-state index in [9.17, 15) is 22.0 Å². The fraction of sp³-hybridized carbons (Fsp3) is 0.562. The topological polar surface area (TPSA) is 63.7 Å². The van der Waals surface area contributed by atoms with Crippen LogP contribution >= 0.6 is 0 Å². The number of halogens is 2. The van der Waals surface area contributed by atoms with E-state index in [0.717, 1.165) is 35.7 Å². The van der Waals surface area contributed by atoms with Gasteiger partial charge in [0, 0.05) is 12.1 Å². The van der Waals surface area contributed by atoms with Gasteiger partial charge in [-0.2, -0.15) is 4.31 Å². The lowest BCUT2D eigenvalue weighted by Gasteiger charge is -2.32. The Morgan fingerprint density at radius 3 is 2.42 bits per heavy atom. The maximum atomic E-state index is 13.5. The molecule has 2 aliphatic rings. The molecule has 3 atom stereocenters. The molecule has 0 spiro atoms. The number of rotatable bonds is 3. The monoisotopic (exact) mass is 359 g/mol. The molecule has 2 fully saturated rings. The summed E-state index contributed by atoms with van der Waals surface area (Å²) in [7, 11) is -3.00. The molecule has 1 aliphatic carbocycles.